The number of rotatable bonds is 9. The van der Waals surface area contributed by atoms with Gasteiger partial charge in [0.15, 0.2) is 0 Å². The molecule has 4 heterocycles. The third-order valence-corrected chi connectivity index (χ3v) is 11.2. The first kappa shape index (κ1) is 36.0. The fraction of sp³-hybridized carbons (Fsp3) is 0.385. The molecule has 3 aromatic rings. The second-order valence-electron chi connectivity index (χ2n) is 14.5. The molecule has 3 aliphatic heterocycles. The van der Waals surface area contributed by atoms with Gasteiger partial charge in [0.2, 0.25) is 23.4 Å². The summed E-state index contributed by atoms with van der Waals surface area (Å²) >= 11 is 0. The SMILES string of the molecule is C[NH+]=CN=C(N)c1ccc(C2=CCN(C(=O)CN3CC[C@]4(CCN(c5ccc(N)c(C(=[NH2+])c6ccnc(C7(C(F)(F)F)CC7)c6)c5)C4=O)C3)CC2)cc1. The average molecular weight is 728 g/mol. The molecule has 2 aromatic carbocycles. The number of hydrogen-bond acceptors (Lipinski definition) is 5. The number of hydrogen-bond donors (Lipinski definition) is 4. The molecule has 3 fully saturated rings. The molecule has 2 amide bonds. The Hall–Kier alpha value is -5.37. The zero-order chi connectivity index (χ0) is 37.5. The lowest BCUT2D eigenvalue weighted by Crippen LogP contribution is -2.62. The number of alkyl halides is 3. The van der Waals surface area contributed by atoms with Gasteiger partial charge in [-0.05, 0) is 97.2 Å². The minimum atomic E-state index is -4.40. The Labute approximate surface area is 305 Å². The first-order valence-corrected chi connectivity index (χ1v) is 17.8. The van der Waals surface area contributed by atoms with Crippen LogP contribution in [0, 0.1) is 5.41 Å². The lowest BCUT2D eigenvalue weighted by atomic mass is 9.85. The van der Waals surface area contributed by atoms with Crippen molar-refractivity contribution in [3.63, 3.8) is 0 Å². The van der Waals surface area contributed by atoms with Crippen molar-refractivity contribution in [3.05, 3.63) is 94.8 Å². The van der Waals surface area contributed by atoms with Gasteiger partial charge in [-0.3, -0.25) is 29.9 Å². The molecule has 4 aliphatic rings. The maximum atomic E-state index is 14.0. The number of amides is 2. The van der Waals surface area contributed by atoms with Crippen LogP contribution in [0.4, 0.5) is 24.5 Å². The summed E-state index contributed by atoms with van der Waals surface area (Å²) in [5.74, 6) is 0.447. The number of carbonyl (C=O) groups excluding carboxylic acids is 2. The van der Waals surface area contributed by atoms with Crippen molar-refractivity contribution in [1.29, 1.82) is 0 Å². The second-order valence-corrected chi connectivity index (χ2v) is 14.5. The van der Waals surface area contributed by atoms with Crippen LogP contribution in [0.25, 0.3) is 5.57 Å². The molecule has 2 saturated heterocycles. The fourth-order valence-corrected chi connectivity index (χ4v) is 7.82. The van der Waals surface area contributed by atoms with Crippen molar-refractivity contribution in [2.45, 2.75) is 43.7 Å². The molecule has 1 aliphatic carbocycles. The molecule has 276 valence electrons. The van der Waals surface area contributed by atoms with Crippen LogP contribution in [0.5, 0.6) is 0 Å². The maximum absolute atomic E-state index is 14.0. The number of likely N-dealkylation sites (tertiary alicyclic amines) is 1. The van der Waals surface area contributed by atoms with Crippen LogP contribution in [0.2, 0.25) is 0 Å². The van der Waals surface area contributed by atoms with Crippen LogP contribution >= 0.6 is 0 Å². The number of nitrogens with two attached hydrogens (primary N) is 3. The second kappa shape index (κ2) is 13.9. The molecule has 0 bridgehead atoms. The highest BCUT2D eigenvalue weighted by atomic mass is 19.4. The standard InChI is InChI=1S/C39H42F3N9O2/c1-46-24-48-35(45)27-4-2-25(3-5-27)26-9-16-50(17-10-26)33(52)22-49-18-13-37(23-49)14-19-51(36(37)53)29-6-7-31(43)30(21-29)34(44)28-8-15-47-32(20-28)38(11-12-38)39(40,41)42/h2-9,15,20-21,24,44H,10-14,16-19,22-23,43H2,1H3,(H2,45,46,48)/p+2/t37-/m0/s1. The number of aliphatic imine (C=N–C) groups is 1. The van der Waals surface area contributed by atoms with Gasteiger partial charge in [0, 0.05) is 54.9 Å². The predicted molar refractivity (Wildman–Crippen MR) is 197 cm³/mol. The molecule has 11 nitrogen and oxygen atoms in total. The van der Waals surface area contributed by atoms with Crippen molar-refractivity contribution in [2.75, 3.05) is 56.9 Å². The zero-order valence-electron chi connectivity index (χ0n) is 29.6. The summed E-state index contributed by atoms with van der Waals surface area (Å²) < 4.78 is 41.4. The number of nitrogens with zero attached hydrogens (tertiary/aromatic N) is 5. The van der Waals surface area contributed by atoms with E-state index in [0.717, 1.165) is 17.5 Å². The van der Waals surface area contributed by atoms with Crippen LogP contribution in [0.15, 0.2) is 71.9 Å². The van der Waals surface area contributed by atoms with E-state index >= 15 is 0 Å². The van der Waals surface area contributed by atoms with E-state index in [1.165, 1.54) is 24.2 Å². The molecule has 1 aromatic heterocycles. The molecule has 7 N–H and O–H groups in total. The van der Waals surface area contributed by atoms with Crippen LogP contribution in [-0.2, 0) is 15.0 Å². The Balaban J connectivity index is 0.970. The van der Waals surface area contributed by atoms with Crippen LogP contribution in [-0.4, -0.2) is 97.0 Å². The molecule has 1 spiro atoms. The summed E-state index contributed by atoms with van der Waals surface area (Å²) in [4.78, 5) is 44.1. The Kier molecular flexibility index (Phi) is 9.43. The highest BCUT2D eigenvalue weighted by Gasteiger charge is 2.65. The third kappa shape index (κ3) is 6.83. The molecule has 53 heavy (non-hydrogen) atoms. The van der Waals surface area contributed by atoms with E-state index in [1.54, 1.807) is 36.2 Å². The quantitative estimate of drug-likeness (QED) is 0.147. The van der Waals surface area contributed by atoms with Crippen molar-refractivity contribution in [1.82, 2.24) is 14.8 Å². The number of aromatic nitrogens is 1. The zero-order valence-corrected chi connectivity index (χ0v) is 29.6. The van der Waals surface area contributed by atoms with Crippen molar-refractivity contribution >= 4 is 46.6 Å². The van der Waals surface area contributed by atoms with Crippen LogP contribution in [0.3, 0.4) is 0 Å². The fourth-order valence-electron chi connectivity index (χ4n) is 7.82. The van der Waals surface area contributed by atoms with Crippen LogP contribution in [0.1, 0.15) is 60.1 Å². The average Bonchev–Trinajstić information content (AvgIpc) is 3.82. The number of benzene rings is 2. The summed E-state index contributed by atoms with van der Waals surface area (Å²) in [6.45, 7) is 3.00. The summed E-state index contributed by atoms with van der Waals surface area (Å²) in [6, 6.07) is 16.0. The summed E-state index contributed by atoms with van der Waals surface area (Å²) in [7, 11) is 1.76. The van der Waals surface area contributed by atoms with Gasteiger partial charge in [0.1, 0.15) is 5.41 Å². The van der Waals surface area contributed by atoms with Crippen molar-refractivity contribution in [2.24, 2.45) is 16.1 Å². The molecule has 0 unspecified atom stereocenters. The molecule has 1 atom stereocenters. The van der Waals surface area contributed by atoms with E-state index in [0.29, 0.717) is 73.9 Å². The van der Waals surface area contributed by atoms with Gasteiger partial charge in [-0.2, -0.15) is 13.2 Å². The van der Waals surface area contributed by atoms with E-state index in [4.69, 9.17) is 16.9 Å². The van der Waals surface area contributed by atoms with E-state index in [2.05, 4.69) is 25.9 Å². The van der Waals surface area contributed by atoms with Gasteiger partial charge in [0.25, 0.3) is 6.34 Å². The molecule has 14 heteroatoms. The number of amidine groups is 1. The van der Waals surface area contributed by atoms with Gasteiger partial charge in [0.05, 0.1) is 30.3 Å². The summed E-state index contributed by atoms with van der Waals surface area (Å²) in [5.41, 5.74) is 14.9. The summed E-state index contributed by atoms with van der Waals surface area (Å²) in [6.07, 6.45) is 2.58. The normalized spacial score (nSPS) is 21.8. The first-order valence-electron chi connectivity index (χ1n) is 17.8. The topological polar surface area (TPSA) is 161 Å². The predicted octanol–water partition coefficient (Wildman–Crippen LogP) is 1.04. The number of anilines is 2. The molecular formula is C39H44F3N9O2+2. The lowest BCUT2D eigenvalue weighted by Gasteiger charge is -2.29. The Morgan fingerprint density at radius 1 is 1.04 bits per heavy atom. The van der Waals surface area contributed by atoms with Gasteiger partial charge >= 0.3 is 6.18 Å². The minimum Gasteiger partial charge on any atom is -0.398 e. The molecule has 0 radical (unpaired) electrons. The van der Waals surface area contributed by atoms with Gasteiger partial charge in [-0.1, -0.05) is 18.2 Å². The number of pyridine rings is 1. The van der Waals surface area contributed by atoms with Crippen molar-refractivity contribution in [3.8, 4) is 0 Å². The van der Waals surface area contributed by atoms with E-state index in [-0.39, 0.29) is 42.6 Å². The van der Waals surface area contributed by atoms with E-state index in [1.807, 2.05) is 29.2 Å². The Morgan fingerprint density at radius 2 is 1.79 bits per heavy atom. The maximum Gasteiger partial charge on any atom is 0.399 e. The summed E-state index contributed by atoms with van der Waals surface area (Å²) in [5, 5.41) is 6.54. The molecule has 1 saturated carbocycles. The Bertz CT molecular complexity index is 2040. The molecule has 7 rings (SSSR count). The number of nitrogens with one attached hydrogen (secondary N) is 1. The highest BCUT2D eigenvalue weighted by Crippen LogP contribution is 2.58. The third-order valence-electron chi connectivity index (χ3n) is 11.2. The number of halogens is 3. The smallest absolute Gasteiger partial charge is 0.398 e. The van der Waals surface area contributed by atoms with Crippen molar-refractivity contribution < 1.29 is 33.2 Å². The van der Waals surface area contributed by atoms with E-state index in [9.17, 15) is 22.8 Å². The van der Waals surface area contributed by atoms with Gasteiger partial charge in [-0.25, -0.2) is 0 Å². The Morgan fingerprint density at radius 3 is 2.47 bits per heavy atom. The number of carbonyl (C=O) groups is 2. The lowest BCUT2D eigenvalue weighted by molar-refractivity contribution is -0.414. The van der Waals surface area contributed by atoms with Gasteiger partial charge < -0.3 is 21.3 Å². The monoisotopic (exact) mass is 727 g/mol. The largest absolute Gasteiger partial charge is 0.399 e. The number of nitrogen functional groups attached to an aromatic ring is 1. The van der Waals surface area contributed by atoms with Gasteiger partial charge in [-0.15, -0.1) is 0 Å². The first-order chi connectivity index (χ1) is 25.3. The van der Waals surface area contributed by atoms with Crippen LogP contribution < -0.4 is 26.8 Å². The molecular weight excluding hydrogens is 683 g/mol. The minimum absolute atomic E-state index is 0.00807. The van der Waals surface area contributed by atoms with E-state index < -0.39 is 17.0 Å². The highest BCUT2D eigenvalue weighted by molar-refractivity contribution is 6.13.